The lowest BCUT2D eigenvalue weighted by molar-refractivity contribution is -0.212. The molecular weight excluding hydrogens is 271 g/mol. The SMILES string of the molecule is FC(F)(F)n1ccc(-c2cnn(-c3ccccc3)n2)n1. The molecule has 0 bridgehead atoms. The minimum atomic E-state index is -4.53. The number of nitrogens with zero attached hydrogens (tertiary/aromatic N) is 5. The zero-order valence-electron chi connectivity index (χ0n) is 9.99. The summed E-state index contributed by atoms with van der Waals surface area (Å²) >= 11 is 0. The van der Waals surface area contributed by atoms with Crippen LogP contribution in [0.2, 0.25) is 0 Å². The summed E-state index contributed by atoms with van der Waals surface area (Å²) in [5, 5.41) is 11.6. The third-order valence-corrected chi connectivity index (χ3v) is 2.59. The van der Waals surface area contributed by atoms with Crippen LogP contribution >= 0.6 is 0 Å². The quantitative estimate of drug-likeness (QED) is 0.724. The monoisotopic (exact) mass is 279 g/mol. The van der Waals surface area contributed by atoms with E-state index in [0.29, 0.717) is 5.69 Å². The van der Waals surface area contributed by atoms with E-state index in [0.717, 1.165) is 6.20 Å². The summed E-state index contributed by atoms with van der Waals surface area (Å²) in [5.41, 5.74) is 1.11. The van der Waals surface area contributed by atoms with Crippen LogP contribution in [0.3, 0.4) is 0 Å². The van der Waals surface area contributed by atoms with E-state index in [4.69, 9.17) is 0 Å². The zero-order chi connectivity index (χ0) is 14.2. The maximum absolute atomic E-state index is 12.4. The lowest BCUT2D eigenvalue weighted by Crippen LogP contribution is -2.16. The van der Waals surface area contributed by atoms with Crippen molar-refractivity contribution in [3.8, 4) is 17.1 Å². The third kappa shape index (κ3) is 2.27. The summed E-state index contributed by atoms with van der Waals surface area (Å²) in [5.74, 6) is 0. The largest absolute Gasteiger partial charge is 0.504 e. The van der Waals surface area contributed by atoms with Crippen molar-refractivity contribution in [2.24, 2.45) is 0 Å². The molecule has 0 fully saturated rings. The van der Waals surface area contributed by atoms with Crippen molar-refractivity contribution in [2.45, 2.75) is 6.30 Å². The van der Waals surface area contributed by atoms with Crippen LogP contribution < -0.4 is 0 Å². The number of hydrogen-bond acceptors (Lipinski definition) is 3. The number of aromatic nitrogens is 5. The Morgan fingerprint density at radius 3 is 2.30 bits per heavy atom. The molecule has 0 aliphatic carbocycles. The van der Waals surface area contributed by atoms with E-state index in [9.17, 15) is 13.2 Å². The fourth-order valence-electron chi connectivity index (χ4n) is 1.67. The first-order chi connectivity index (χ1) is 9.54. The highest BCUT2D eigenvalue weighted by Crippen LogP contribution is 2.23. The maximum Gasteiger partial charge on any atom is 0.504 e. The van der Waals surface area contributed by atoms with Gasteiger partial charge in [-0.15, -0.1) is 18.3 Å². The minimum Gasteiger partial charge on any atom is -0.178 e. The second kappa shape index (κ2) is 4.48. The van der Waals surface area contributed by atoms with Crippen LogP contribution in [0, 0.1) is 0 Å². The lowest BCUT2D eigenvalue weighted by atomic mass is 10.3. The molecule has 0 atom stereocenters. The molecule has 20 heavy (non-hydrogen) atoms. The van der Waals surface area contributed by atoms with Crippen LogP contribution in [0.5, 0.6) is 0 Å². The Hall–Kier alpha value is -2.64. The van der Waals surface area contributed by atoms with E-state index in [1.807, 2.05) is 18.2 Å². The molecule has 0 N–H and O–H groups in total. The van der Waals surface area contributed by atoms with Gasteiger partial charge in [0.1, 0.15) is 11.4 Å². The molecule has 0 unspecified atom stereocenters. The van der Waals surface area contributed by atoms with Crippen LogP contribution in [-0.2, 0) is 6.30 Å². The third-order valence-electron chi connectivity index (χ3n) is 2.59. The predicted molar refractivity (Wildman–Crippen MR) is 63.9 cm³/mol. The van der Waals surface area contributed by atoms with E-state index in [1.54, 1.807) is 12.1 Å². The molecule has 0 aliphatic rings. The van der Waals surface area contributed by atoms with Crippen molar-refractivity contribution < 1.29 is 13.2 Å². The molecule has 2 aromatic heterocycles. The Kier molecular flexibility index (Phi) is 2.78. The van der Waals surface area contributed by atoms with Crippen LogP contribution in [0.1, 0.15) is 0 Å². The van der Waals surface area contributed by atoms with Crippen LogP contribution in [0.15, 0.2) is 48.8 Å². The smallest absolute Gasteiger partial charge is 0.178 e. The van der Waals surface area contributed by atoms with E-state index in [2.05, 4.69) is 15.3 Å². The van der Waals surface area contributed by atoms with Gasteiger partial charge in [0.15, 0.2) is 0 Å². The predicted octanol–water partition coefficient (Wildman–Crippen LogP) is 2.61. The summed E-state index contributed by atoms with van der Waals surface area (Å²) in [4.78, 5) is 1.34. The molecule has 2 heterocycles. The Balaban J connectivity index is 1.93. The second-order valence-corrected chi connectivity index (χ2v) is 3.97. The Bertz CT molecular complexity index is 714. The van der Waals surface area contributed by atoms with Gasteiger partial charge < -0.3 is 0 Å². The number of hydrogen-bond donors (Lipinski definition) is 0. The Morgan fingerprint density at radius 1 is 0.900 bits per heavy atom. The summed E-state index contributed by atoms with van der Waals surface area (Å²) in [7, 11) is 0. The van der Waals surface area contributed by atoms with Gasteiger partial charge in [0.05, 0.1) is 11.9 Å². The molecule has 0 saturated carbocycles. The fraction of sp³-hybridized carbons (Fsp3) is 0.0833. The molecule has 0 saturated heterocycles. The molecule has 3 rings (SSSR count). The highest BCUT2D eigenvalue weighted by molar-refractivity contribution is 5.51. The number of benzene rings is 1. The number of halogens is 3. The van der Waals surface area contributed by atoms with E-state index in [-0.39, 0.29) is 16.1 Å². The van der Waals surface area contributed by atoms with Gasteiger partial charge >= 0.3 is 6.30 Å². The number of para-hydroxylation sites is 1. The van der Waals surface area contributed by atoms with Gasteiger partial charge in [0.2, 0.25) is 0 Å². The Morgan fingerprint density at radius 2 is 1.65 bits per heavy atom. The van der Waals surface area contributed by atoms with Crippen LogP contribution in [0.4, 0.5) is 13.2 Å². The van der Waals surface area contributed by atoms with Crippen molar-refractivity contribution in [1.82, 2.24) is 24.8 Å². The average Bonchev–Trinajstić information content (AvgIpc) is 3.08. The first kappa shape index (κ1) is 12.4. The topological polar surface area (TPSA) is 48.5 Å². The Labute approximate surface area is 111 Å². The molecule has 1 aromatic carbocycles. The molecule has 0 radical (unpaired) electrons. The van der Waals surface area contributed by atoms with E-state index < -0.39 is 6.30 Å². The maximum atomic E-state index is 12.4. The molecule has 5 nitrogen and oxygen atoms in total. The summed E-state index contributed by atoms with van der Waals surface area (Å²) in [6.45, 7) is 0. The standard InChI is InChI=1S/C12H8F3N5/c13-12(14,15)19-7-6-10(17-19)11-8-16-20(18-11)9-4-2-1-3-5-9/h1-8H. The van der Waals surface area contributed by atoms with Gasteiger partial charge in [-0.2, -0.15) is 19.7 Å². The van der Waals surface area contributed by atoms with Crippen LogP contribution in [0.25, 0.3) is 17.1 Å². The van der Waals surface area contributed by atoms with Crippen molar-refractivity contribution in [1.29, 1.82) is 0 Å². The first-order valence-corrected chi connectivity index (χ1v) is 5.65. The number of rotatable bonds is 2. The first-order valence-electron chi connectivity index (χ1n) is 5.65. The molecule has 102 valence electrons. The van der Waals surface area contributed by atoms with E-state index in [1.165, 1.54) is 17.1 Å². The van der Waals surface area contributed by atoms with Gasteiger partial charge in [0, 0.05) is 6.20 Å². The van der Waals surface area contributed by atoms with Gasteiger partial charge in [-0.3, -0.25) is 0 Å². The van der Waals surface area contributed by atoms with Crippen molar-refractivity contribution in [2.75, 3.05) is 0 Å². The van der Waals surface area contributed by atoms with Gasteiger partial charge in [0.25, 0.3) is 0 Å². The zero-order valence-corrected chi connectivity index (χ0v) is 9.99. The lowest BCUT2D eigenvalue weighted by Gasteiger charge is -2.03. The molecule has 3 aromatic rings. The number of alkyl halides is 3. The summed E-state index contributed by atoms with van der Waals surface area (Å²) in [6, 6.07) is 10.3. The fourth-order valence-corrected chi connectivity index (χ4v) is 1.67. The molecule has 0 aliphatic heterocycles. The highest BCUT2D eigenvalue weighted by atomic mass is 19.4. The van der Waals surface area contributed by atoms with Gasteiger partial charge in [-0.05, 0) is 18.2 Å². The van der Waals surface area contributed by atoms with Crippen molar-refractivity contribution in [3.05, 3.63) is 48.8 Å². The highest BCUT2D eigenvalue weighted by Gasteiger charge is 2.31. The normalized spacial score (nSPS) is 11.8. The van der Waals surface area contributed by atoms with Gasteiger partial charge in [-0.25, -0.2) is 0 Å². The van der Waals surface area contributed by atoms with Crippen LogP contribution in [-0.4, -0.2) is 24.8 Å². The molecule has 0 spiro atoms. The second-order valence-electron chi connectivity index (χ2n) is 3.97. The minimum absolute atomic E-state index is 0.0656. The van der Waals surface area contributed by atoms with E-state index >= 15 is 0 Å². The molecule has 8 heteroatoms. The molecular formula is C12H8F3N5. The summed E-state index contributed by atoms with van der Waals surface area (Å²) in [6.07, 6.45) is -2.32. The van der Waals surface area contributed by atoms with Gasteiger partial charge in [-0.1, -0.05) is 18.2 Å². The molecule has 0 amide bonds. The average molecular weight is 279 g/mol. The van der Waals surface area contributed by atoms with Crippen molar-refractivity contribution in [3.63, 3.8) is 0 Å². The summed E-state index contributed by atoms with van der Waals surface area (Å²) < 4.78 is 37.3. The van der Waals surface area contributed by atoms with Crippen molar-refractivity contribution >= 4 is 0 Å².